The molecule has 0 fully saturated rings. The van der Waals surface area contributed by atoms with Gasteiger partial charge in [0, 0.05) is 23.0 Å². The first-order chi connectivity index (χ1) is 19.0. The molecule has 0 N–H and O–H groups in total. The lowest BCUT2D eigenvalue weighted by molar-refractivity contribution is 0.283. The SMILES string of the molecule is CCCCC[Si](CCCCC)(OCCCC)C(CC)SC(CC)[Si](CCCCC)(CCCCC)OCCCC. The molecule has 0 aromatic rings. The van der Waals surface area contributed by atoms with Gasteiger partial charge in [-0.1, -0.05) is 145 Å². The molecule has 0 aromatic carbocycles. The standard InChI is InChI=1S/C34H74O2SSi2/c1-9-17-23-29-38(30-24-18-10-2,35-27-21-13-5)33(15-7)37-34(16-8)39(31-25-19-11-3,32-26-20-12-4)36-28-22-14-6/h33-34H,9-32H2,1-8H3. The minimum absolute atomic E-state index is 0.715. The molecule has 0 aliphatic carbocycles. The van der Waals surface area contributed by atoms with Gasteiger partial charge in [-0.2, -0.15) is 11.8 Å². The Morgan fingerprint density at radius 3 is 0.923 bits per heavy atom. The van der Waals surface area contributed by atoms with E-state index < -0.39 is 16.6 Å². The fourth-order valence-electron chi connectivity index (χ4n) is 6.29. The molecule has 5 heteroatoms. The van der Waals surface area contributed by atoms with Crippen LogP contribution in [0.25, 0.3) is 0 Å². The lowest BCUT2D eigenvalue weighted by Gasteiger charge is -2.44. The highest BCUT2D eigenvalue weighted by atomic mass is 32.2. The smallest absolute Gasteiger partial charge is 0.205 e. The molecule has 0 spiro atoms. The van der Waals surface area contributed by atoms with Crippen LogP contribution in [0.2, 0.25) is 24.2 Å². The Kier molecular flexibility index (Phi) is 26.8. The van der Waals surface area contributed by atoms with Gasteiger partial charge in [-0.25, -0.2) is 0 Å². The molecule has 0 heterocycles. The number of rotatable bonds is 30. The van der Waals surface area contributed by atoms with Gasteiger partial charge in [0.25, 0.3) is 0 Å². The summed E-state index contributed by atoms with van der Waals surface area (Å²) in [6.07, 6.45) is 23.7. The maximum Gasteiger partial charge on any atom is 0.205 e. The number of unbranched alkanes of at least 4 members (excludes halogenated alkanes) is 10. The lowest BCUT2D eigenvalue weighted by Crippen LogP contribution is -2.54. The van der Waals surface area contributed by atoms with Gasteiger partial charge >= 0.3 is 0 Å². The summed E-state index contributed by atoms with van der Waals surface area (Å²) >= 11 is 2.43. The van der Waals surface area contributed by atoms with Crippen molar-refractivity contribution in [1.82, 2.24) is 0 Å². The molecule has 2 unspecified atom stereocenters. The fraction of sp³-hybridized carbons (Fsp3) is 1.00. The van der Waals surface area contributed by atoms with Crippen molar-refractivity contribution in [3.05, 3.63) is 0 Å². The Morgan fingerprint density at radius 2 is 0.692 bits per heavy atom. The van der Waals surface area contributed by atoms with Crippen molar-refractivity contribution in [2.75, 3.05) is 13.2 Å². The average Bonchev–Trinajstić information content (AvgIpc) is 2.94. The minimum Gasteiger partial charge on any atom is -0.416 e. The highest BCUT2D eigenvalue weighted by Gasteiger charge is 2.48. The van der Waals surface area contributed by atoms with Crippen molar-refractivity contribution in [1.29, 1.82) is 0 Å². The molecule has 0 aliphatic rings. The van der Waals surface area contributed by atoms with Gasteiger partial charge in [0.2, 0.25) is 16.6 Å². The summed E-state index contributed by atoms with van der Waals surface area (Å²) in [6.45, 7) is 21.0. The van der Waals surface area contributed by atoms with Crippen molar-refractivity contribution >= 4 is 28.4 Å². The van der Waals surface area contributed by atoms with Gasteiger partial charge in [-0.3, -0.25) is 0 Å². The first-order valence-corrected chi connectivity index (χ1v) is 23.7. The quantitative estimate of drug-likeness (QED) is 0.0601. The van der Waals surface area contributed by atoms with E-state index in [1.54, 1.807) is 0 Å². The Balaban J connectivity index is 6.35. The van der Waals surface area contributed by atoms with E-state index in [4.69, 9.17) is 8.85 Å². The number of thioether (sulfide) groups is 1. The zero-order valence-corrected chi connectivity index (χ0v) is 31.2. The summed E-state index contributed by atoms with van der Waals surface area (Å²) in [6, 6.07) is 5.53. The van der Waals surface area contributed by atoms with Crippen LogP contribution in [0, 0.1) is 0 Å². The third-order valence-electron chi connectivity index (χ3n) is 8.83. The maximum atomic E-state index is 7.26. The van der Waals surface area contributed by atoms with Crippen LogP contribution in [0.15, 0.2) is 0 Å². The fourth-order valence-corrected chi connectivity index (χ4v) is 21.0. The molecule has 0 saturated carbocycles. The predicted molar refractivity (Wildman–Crippen MR) is 186 cm³/mol. The first-order valence-electron chi connectivity index (χ1n) is 17.9. The highest BCUT2D eigenvalue weighted by Crippen LogP contribution is 2.44. The van der Waals surface area contributed by atoms with Gasteiger partial charge in [-0.05, 0) is 49.9 Å². The van der Waals surface area contributed by atoms with Crippen molar-refractivity contribution in [3.63, 3.8) is 0 Å². The van der Waals surface area contributed by atoms with E-state index in [2.05, 4.69) is 67.2 Å². The van der Waals surface area contributed by atoms with Crippen molar-refractivity contribution in [2.45, 2.75) is 205 Å². The topological polar surface area (TPSA) is 18.5 Å². The predicted octanol–water partition coefficient (Wildman–Crippen LogP) is 12.6. The zero-order chi connectivity index (χ0) is 29.2. The molecular weight excluding hydrogens is 529 g/mol. The second-order valence-corrected chi connectivity index (χ2v) is 22.8. The molecule has 0 aromatic heterocycles. The lowest BCUT2D eigenvalue weighted by atomic mass is 10.3. The largest absolute Gasteiger partial charge is 0.416 e. The van der Waals surface area contributed by atoms with E-state index in [0.29, 0.717) is 9.75 Å². The third kappa shape index (κ3) is 16.2. The summed E-state index contributed by atoms with van der Waals surface area (Å²) in [5.41, 5.74) is 0. The first kappa shape index (κ1) is 39.7. The molecule has 0 amide bonds. The Morgan fingerprint density at radius 1 is 0.410 bits per heavy atom. The van der Waals surface area contributed by atoms with Crippen LogP contribution in [0.1, 0.15) is 171 Å². The molecule has 2 nitrogen and oxygen atoms in total. The van der Waals surface area contributed by atoms with E-state index in [0.717, 1.165) is 13.2 Å². The van der Waals surface area contributed by atoms with E-state index in [9.17, 15) is 0 Å². The van der Waals surface area contributed by atoms with E-state index in [-0.39, 0.29) is 0 Å². The van der Waals surface area contributed by atoms with Crippen molar-refractivity contribution in [2.24, 2.45) is 0 Å². The van der Waals surface area contributed by atoms with Crippen LogP contribution in [-0.4, -0.2) is 39.6 Å². The molecule has 0 radical (unpaired) electrons. The van der Waals surface area contributed by atoms with Gasteiger partial charge in [0.15, 0.2) is 0 Å². The summed E-state index contributed by atoms with van der Waals surface area (Å²) in [4.78, 5) is 1.43. The van der Waals surface area contributed by atoms with Gasteiger partial charge < -0.3 is 8.85 Å². The van der Waals surface area contributed by atoms with Crippen LogP contribution < -0.4 is 0 Å². The van der Waals surface area contributed by atoms with Crippen molar-refractivity contribution in [3.8, 4) is 0 Å². The van der Waals surface area contributed by atoms with E-state index in [1.807, 2.05) is 0 Å². The summed E-state index contributed by atoms with van der Waals surface area (Å²) in [5, 5.41) is 0. The Bertz CT molecular complexity index is 422. The molecule has 0 saturated heterocycles. The second-order valence-electron chi connectivity index (χ2n) is 12.3. The summed E-state index contributed by atoms with van der Waals surface area (Å²) in [5.74, 6) is 0. The zero-order valence-electron chi connectivity index (χ0n) is 28.4. The second kappa shape index (κ2) is 26.3. The Hall–Kier alpha value is 0.704. The van der Waals surface area contributed by atoms with E-state index >= 15 is 0 Å². The van der Waals surface area contributed by atoms with Crippen LogP contribution in [0.5, 0.6) is 0 Å². The Labute approximate surface area is 254 Å². The third-order valence-corrected chi connectivity index (χ3v) is 23.1. The van der Waals surface area contributed by atoms with E-state index in [1.165, 1.54) is 140 Å². The molecule has 0 aliphatic heterocycles. The number of hydrogen-bond donors (Lipinski definition) is 0. The van der Waals surface area contributed by atoms with Gasteiger partial charge in [-0.15, -0.1) is 0 Å². The minimum atomic E-state index is -1.88. The highest BCUT2D eigenvalue weighted by molar-refractivity contribution is 8.03. The molecule has 39 heavy (non-hydrogen) atoms. The van der Waals surface area contributed by atoms with Crippen LogP contribution in [-0.2, 0) is 8.85 Å². The monoisotopic (exact) mass is 602 g/mol. The summed E-state index contributed by atoms with van der Waals surface area (Å²) < 4.78 is 14.5. The number of hydrogen-bond acceptors (Lipinski definition) is 3. The van der Waals surface area contributed by atoms with Gasteiger partial charge in [0.1, 0.15) is 0 Å². The van der Waals surface area contributed by atoms with Crippen LogP contribution >= 0.6 is 11.8 Å². The molecule has 2 atom stereocenters. The molecule has 0 rings (SSSR count). The average molecular weight is 603 g/mol. The normalized spacial score (nSPS) is 14.2. The maximum absolute atomic E-state index is 7.26. The van der Waals surface area contributed by atoms with Gasteiger partial charge in [0.05, 0.1) is 0 Å². The van der Waals surface area contributed by atoms with Crippen LogP contribution in [0.3, 0.4) is 0 Å². The molecule has 0 bridgehead atoms. The van der Waals surface area contributed by atoms with Crippen LogP contribution in [0.4, 0.5) is 0 Å². The molecule has 236 valence electrons. The summed E-state index contributed by atoms with van der Waals surface area (Å²) in [7, 11) is -3.76. The molecular formula is C34H74O2SSi2. The van der Waals surface area contributed by atoms with Crippen molar-refractivity contribution < 1.29 is 8.85 Å².